The number of aryl methyl sites for hydroxylation is 1. The molecule has 2 aromatic heterocycles. The minimum atomic E-state index is 0.534. The molecule has 1 saturated carbocycles. The zero-order valence-corrected chi connectivity index (χ0v) is 11.0. The van der Waals surface area contributed by atoms with Gasteiger partial charge in [0, 0.05) is 34.9 Å². The van der Waals surface area contributed by atoms with Crippen molar-refractivity contribution in [3.8, 4) is 11.3 Å². The molecule has 0 aliphatic heterocycles. The summed E-state index contributed by atoms with van der Waals surface area (Å²) in [5, 5.41) is 3.12. The maximum atomic E-state index is 5.62. The molecule has 0 bridgehead atoms. The molecule has 3 rings (SSSR count). The first-order valence-electron chi connectivity index (χ1n) is 6.04. The summed E-state index contributed by atoms with van der Waals surface area (Å²) in [6, 6.07) is 2.99. The summed E-state index contributed by atoms with van der Waals surface area (Å²) < 4.78 is 2.46. The Morgan fingerprint density at radius 2 is 2.24 bits per heavy atom. The van der Waals surface area contributed by atoms with E-state index < -0.39 is 0 Å². The Morgan fingerprint density at radius 1 is 1.47 bits per heavy atom. The van der Waals surface area contributed by atoms with Gasteiger partial charge in [0.1, 0.15) is 5.01 Å². The third-order valence-corrected chi connectivity index (χ3v) is 4.27. The highest BCUT2D eigenvalue weighted by Gasteiger charge is 2.27. The summed E-state index contributed by atoms with van der Waals surface area (Å²) in [6.45, 7) is 4.92. The molecule has 4 heteroatoms. The van der Waals surface area contributed by atoms with Gasteiger partial charge in [-0.25, -0.2) is 4.98 Å². The molecule has 3 nitrogen and oxygen atoms in total. The predicted molar refractivity (Wildman–Crippen MR) is 71.2 cm³/mol. The highest BCUT2D eigenvalue weighted by molar-refractivity contribution is 7.09. The van der Waals surface area contributed by atoms with Crippen LogP contribution in [0.4, 0.5) is 0 Å². The Kier molecular flexibility index (Phi) is 2.56. The van der Waals surface area contributed by atoms with E-state index in [1.807, 2.05) is 0 Å². The Hall–Kier alpha value is -1.13. The topological polar surface area (TPSA) is 43.8 Å². The van der Waals surface area contributed by atoms with Crippen molar-refractivity contribution in [2.45, 2.75) is 39.3 Å². The van der Waals surface area contributed by atoms with E-state index in [9.17, 15) is 0 Å². The third-order valence-electron chi connectivity index (χ3n) is 3.40. The second-order valence-electron chi connectivity index (χ2n) is 4.72. The molecule has 0 spiro atoms. The maximum absolute atomic E-state index is 5.62. The molecule has 2 N–H and O–H groups in total. The molecular weight excluding hydrogens is 230 g/mol. The van der Waals surface area contributed by atoms with E-state index in [-0.39, 0.29) is 0 Å². The second kappa shape index (κ2) is 3.96. The van der Waals surface area contributed by atoms with Crippen molar-refractivity contribution in [1.82, 2.24) is 9.55 Å². The monoisotopic (exact) mass is 247 g/mol. The van der Waals surface area contributed by atoms with Crippen LogP contribution < -0.4 is 5.73 Å². The van der Waals surface area contributed by atoms with E-state index in [0.717, 1.165) is 16.7 Å². The number of hydrogen-bond acceptors (Lipinski definition) is 3. The number of aromatic nitrogens is 2. The van der Waals surface area contributed by atoms with Crippen LogP contribution in [0.25, 0.3) is 11.3 Å². The lowest BCUT2D eigenvalue weighted by molar-refractivity contribution is 0.700. The van der Waals surface area contributed by atoms with Gasteiger partial charge in [0.15, 0.2) is 0 Å². The Morgan fingerprint density at radius 3 is 2.82 bits per heavy atom. The number of hydrogen-bond donors (Lipinski definition) is 1. The maximum Gasteiger partial charge on any atom is 0.107 e. The third kappa shape index (κ3) is 1.81. The molecular formula is C13H17N3S. The van der Waals surface area contributed by atoms with E-state index in [4.69, 9.17) is 5.73 Å². The van der Waals surface area contributed by atoms with Gasteiger partial charge < -0.3 is 10.3 Å². The van der Waals surface area contributed by atoms with Crippen molar-refractivity contribution in [1.29, 1.82) is 0 Å². The van der Waals surface area contributed by atoms with Crippen LogP contribution >= 0.6 is 11.3 Å². The summed E-state index contributed by atoms with van der Waals surface area (Å²) >= 11 is 1.65. The quantitative estimate of drug-likeness (QED) is 0.906. The zero-order chi connectivity index (χ0) is 12.0. The van der Waals surface area contributed by atoms with Crippen LogP contribution in [0.3, 0.4) is 0 Å². The molecule has 1 aliphatic rings. The molecule has 2 aromatic rings. The highest BCUT2D eigenvalue weighted by Crippen LogP contribution is 2.40. The average Bonchev–Trinajstić information content (AvgIpc) is 2.94. The fourth-order valence-electron chi connectivity index (χ4n) is 2.46. The highest BCUT2D eigenvalue weighted by atomic mass is 32.1. The van der Waals surface area contributed by atoms with E-state index in [1.54, 1.807) is 11.3 Å². The number of rotatable bonds is 3. The van der Waals surface area contributed by atoms with Gasteiger partial charge in [-0.3, -0.25) is 0 Å². The normalized spacial score (nSPS) is 15.5. The summed E-state index contributed by atoms with van der Waals surface area (Å²) in [6.07, 6.45) is 2.64. The van der Waals surface area contributed by atoms with Crippen molar-refractivity contribution >= 4 is 11.3 Å². The Balaban J connectivity index is 2.05. The van der Waals surface area contributed by atoms with Crippen molar-refractivity contribution in [2.75, 3.05) is 0 Å². The summed E-state index contributed by atoms with van der Waals surface area (Å²) in [4.78, 5) is 4.57. The molecule has 0 amide bonds. The smallest absolute Gasteiger partial charge is 0.107 e. The first-order chi connectivity index (χ1) is 8.20. The van der Waals surface area contributed by atoms with Crippen molar-refractivity contribution in [3.63, 3.8) is 0 Å². The summed E-state index contributed by atoms with van der Waals surface area (Å²) in [5.74, 6) is 0. The molecule has 17 heavy (non-hydrogen) atoms. The van der Waals surface area contributed by atoms with Crippen LogP contribution in [0.15, 0.2) is 11.4 Å². The zero-order valence-electron chi connectivity index (χ0n) is 10.2. The van der Waals surface area contributed by atoms with Crippen LogP contribution in [0.1, 0.15) is 35.3 Å². The van der Waals surface area contributed by atoms with Crippen LogP contribution in [-0.2, 0) is 6.54 Å². The lowest BCUT2D eigenvalue weighted by Gasteiger charge is -2.06. The molecule has 2 heterocycles. The van der Waals surface area contributed by atoms with Gasteiger partial charge in [-0.1, -0.05) is 0 Å². The van der Waals surface area contributed by atoms with Crippen LogP contribution in [0.5, 0.6) is 0 Å². The summed E-state index contributed by atoms with van der Waals surface area (Å²) in [5.41, 5.74) is 10.7. The molecule has 0 atom stereocenters. The lowest BCUT2D eigenvalue weighted by atomic mass is 10.2. The Bertz CT molecular complexity index is 549. The molecule has 0 radical (unpaired) electrons. The molecule has 1 aliphatic carbocycles. The molecule has 90 valence electrons. The van der Waals surface area contributed by atoms with Gasteiger partial charge in [-0.2, -0.15) is 0 Å². The fraction of sp³-hybridized carbons (Fsp3) is 0.462. The number of nitrogens with two attached hydrogens (primary N) is 1. The number of thiazole rings is 1. The van der Waals surface area contributed by atoms with Crippen molar-refractivity contribution in [3.05, 3.63) is 27.8 Å². The van der Waals surface area contributed by atoms with Gasteiger partial charge in [-0.15, -0.1) is 11.3 Å². The van der Waals surface area contributed by atoms with E-state index in [1.165, 1.54) is 29.8 Å². The SMILES string of the molecule is Cc1cc(-c2csc(CN)n2)c(C)n1C1CC1. The minimum Gasteiger partial charge on any atom is -0.345 e. The second-order valence-corrected chi connectivity index (χ2v) is 5.66. The fourth-order valence-corrected chi connectivity index (χ4v) is 3.13. The van der Waals surface area contributed by atoms with E-state index in [2.05, 4.69) is 34.8 Å². The summed E-state index contributed by atoms with van der Waals surface area (Å²) in [7, 11) is 0. The largest absolute Gasteiger partial charge is 0.345 e. The minimum absolute atomic E-state index is 0.534. The molecule has 0 aromatic carbocycles. The van der Waals surface area contributed by atoms with Crippen LogP contribution in [0, 0.1) is 13.8 Å². The molecule has 1 fully saturated rings. The van der Waals surface area contributed by atoms with Gasteiger partial charge in [-0.05, 0) is 32.8 Å². The molecule has 0 saturated heterocycles. The Labute approximate surface area is 105 Å². The standard InChI is InChI=1S/C13H17N3S/c1-8-5-11(9(2)16(8)10-3-4-10)12-7-17-13(6-14)15-12/h5,7,10H,3-4,6,14H2,1-2H3. The first-order valence-corrected chi connectivity index (χ1v) is 6.92. The van der Waals surface area contributed by atoms with Crippen LogP contribution in [0.2, 0.25) is 0 Å². The average molecular weight is 247 g/mol. The predicted octanol–water partition coefficient (Wildman–Crippen LogP) is 3.02. The van der Waals surface area contributed by atoms with Gasteiger partial charge in [0.2, 0.25) is 0 Å². The molecule has 0 unspecified atom stereocenters. The van der Waals surface area contributed by atoms with Crippen molar-refractivity contribution < 1.29 is 0 Å². The number of nitrogens with zero attached hydrogens (tertiary/aromatic N) is 2. The van der Waals surface area contributed by atoms with E-state index >= 15 is 0 Å². The van der Waals surface area contributed by atoms with E-state index in [0.29, 0.717) is 6.54 Å². The lowest BCUT2D eigenvalue weighted by Crippen LogP contribution is -1.98. The van der Waals surface area contributed by atoms with Crippen molar-refractivity contribution in [2.24, 2.45) is 5.73 Å². The van der Waals surface area contributed by atoms with Gasteiger partial charge in [0.25, 0.3) is 0 Å². The van der Waals surface area contributed by atoms with Crippen LogP contribution in [-0.4, -0.2) is 9.55 Å². The van der Waals surface area contributed by atoms with Gasteiger partial charge in [0.05, 0.1) is 5.69 Å². The van der Waals surface area contributed by atoms with Gasteiger partial charge >= 0.3 is 0 Å². The first kappa shape index (κ1) is 11.0.